The van der Waals surface area contributed by atoms with Gasteiger partial charge in [-0.2, -0.15) is 5.10 Å². The number of aromatic nitrogens is 4. The van der Waals surface area contributed by atoms with Crippen LogP contribution in [0.1, 0.15) is 37.9 Å². The molecular weight excluding hydrogens is 250 g/mol. The van der Waals surface area contributed by atoms with Crippen LogP contribution in [-0.2, 0) is 32.5 Å². The van der Waals surface area contributed by atoms with Gasteiger partial charge in [-0.25, -0.2) is 4.98 Å². The lowest BCUT2D eigenvalue weighted by Gasteiger charge is -2.17. The van der Waals surface area contributed by atoms with Gasteiger partial charge in [-0.3, -0.25) is 4.68 Å². The normalized spacial score (nSPS) is 12.1. The van der Waals surface area contributed by atoms with Gasteiger partial charge in [-0.1, -0.05) is 20.8 Å². The van der Waals surface area contributed by atoms with Crippen LogP contribution in [0, 0.1) is 0 Å². The molecule has 1 N–H and O–H groups in total. The third-order valence-electron chi connectivity index (χ3n) is 3.38. The zero-order chi connectivity index (χ0) is 14.8. The molecule has 2 rings (SSSR count). The first-order valence-electron chi connectivity index (χ1n) is 7.08. The van der Waals surface area contributed by atoms with Crippen LogP contribution in [0.4, 0.5) is 0 Å². The highest BCUT2D eigenvalue weighted by atomic mass is 15.3. The van der Waals surface area contributed by atoms with Crippen molar-refractivity contribution in [3.05, 3.63) is 35.7 Å². The number of imidazole rings is 1. The Kier molecular flexibility index (Phi) is 4.28. The van der Waals surface area contributed by atoms with Crippen LogP contribution in [0.25, 0.3) is 0 Å². The highest BCUT2D eigenvalue weighted by Gasteiger charge is 2.21. The molecule has 0 fully saturated rings. The fourth-order valence-electron chi connectivity index (χ4n) is 2.36. The molecule has 0 amide bonds. The molecule has 0 aliphatic rings. The lowest BCUT2D eigenvalue weighted by Crippen LogP contribution is -2.21. The fraction of sp³-hybridized carbons (Fsp3) is 0.600. The smallest absolute Gasteiger partial charge is 0.109 e. The standard InChI is InChI=1S/C15H25N5/c1-15(2,3)14-12(11-20(5)18-14)10-16-7-6-13-17-8-9-19(13)4/h8-9,11,16H,6-7,10H2,1-5H3. The second kappa shape index (κ2) is 5.79. The molecule has 5 nitrogen and oxygen atoms in total. The molecule has 2 aromatic rings. The van der Waals surface area contributed by atoms with Crippen molar-refractivity contribution in [2.75, 3.05) is 6.54 Å². The van der Waals surface area contributed by atoms with Crippen LogP contribution >= 0.6 is 0 Å². The number of nitrogens with zero attached hydrogens (tertiary/aromatic N) is 4. The number of rotatable bonds is 5. The summed E-state index contributed by atoms with van der Waals surface area (Å²) in [5.74, 6) is 1.11. The van der Waals surface area contributed by atoms with Crippen molar-refractivity contribution in [3.8, 4) is 0 Å². The summed E-state index contributed by atoms with van der Waals surface area (Å²) >= 11 is 0. The molecule has 0 saturated carbocycles. The molecule has 5 heteroatoms. The van der Waals surface area contributed by atoms with Gasteiger partial charge in [0.05, 0.1) is 5.69 Å². The Morgan fingerprint density at radius 1 is 1.25 bits per heavy atom. The van der Waals surface area contributed by atoms with E-state index in [1.807, 2.05) is 31.2 Å². The SMILES string of the molecule is Cn1cc(CNCCc2nccn2C)c(C(C)(C)C)n1. The third kappa shape index (κ3) is 3.48. The molecule has 0 unspecified atom stereocenters. The van der Waals surface area contributed by atoms with Gasteiger partial charge in [0.1, 0.15) is 5.82 Å². The van der Waals surface area contributed by atoms with E-state index < -0.39 is 0 Å². The Morgan fingerprint density at radius 2 is 2.00 bits per heavy atom. The van der Waals surface area contributed by atoms with Crippen molar-refractivity contribution in [3.63, 3.8) is 0 Å². The second-order valence-corrected chi connectivity index (χ2v) is 6.31. The average Bonchev–Trinajstić information content (AvgIpc) is 2.91. The van der Waals surface area contributed by atoms with Crippen LogP contribution in [-0.4, -0.2) is 25.9 Å². The van der Waals surface area contributed by atoms with Gasteiger partial charge in [0, 0.05) is 63.2 Å². The fourth-order valence-corrected chi connectivity index (χ4v) is 2.36. The minimum atomic E-state index is 0.0813. The predicted molar refractivity (Wildman–Crippen MR) is 80.5 cm³/mol. The van der Waals surface area contributed by atoms with Gasteiger partial charge < -0.3 is 9.88 Å². The van der Waals surface area contributed by atoms with Crippen molar-refractivity contribution >= 4 is 0 Å². The Hall–Kier alpha value is -1.62. The minimum Gasteiger partial charge on any atom is -0.338 e. The Bertz CT molecular complexity index is 559. The molecule has 0 aromatic carbocycles. The first kappa shape index (κ1) is 14.8. The van der Waals surface area contributed by atoms with Crippen LogP contribution in [0.5, 0.6) is 0 Å². The molecule has 110 valence electrons. The van der Waals surface area contributed by atoms with E-state index in [1.165, 1.54) is 11.3 Å². The van der Waals surface area contributed by atoms with Crippen LogP contribution < -0.4 is 5.32 Å². The average molecular weight is 275 g/mol. The van der Waals surface area contributed by atoms with Crippen LogP contribution in [0.2, 0.25) is 0 Å². The lowest BCUT2D eigenvalue weighted by atomic mass is 9.89. The van der Waals surface area contributed by atoms with E-state index in [0.717, 1.165) is 25.3 Å². The van der Waals surface area contributed by atoms with E-state index in [0.29, 0.717) is 0 Å². The van der Waals surface area contributed by atoms with Gasteiger partial charge in [-0.05, 0) is 0 Å². The summed E-state index contributed by atoms with van der Waals surface area (Å²) in [7, 11) is 4.01. The van der Waals surface area contributed by atoms with Gasteiger partial charge in [0.15, 0.2) is 0 Å². The van der Waals surface area contributed by atoms with E-state index in [9.17, 15) is 0 Å². The summed E-state index contributed by atoms with van der Waals surface area (Å²) in [6, 6.07) is 0. The van der Waals surface area contributed by atoms with Gasteiger partial charge in [0.2, 0.25) is 0 Å². The Labute approximate surface area is 121 Å². The number of hydrogen-bond acceptors (Lipinski definition) is 3. The highest BCUT2D eigenvalue weighted by Crippen LogP contribution is 2.23. The van der Waals surface area contributed by atoms with Crippen LogP contribution in [0.3, 0.4) is 0 Å². The maximum absolute atomic E-state index is 4.58. The minimum absolute atomic E-state index is 0.0813. The summed E-state index contributed by atoms with van der Waals surface area (Å²) in [6.07, 6.45) is 6.87. The molecule has 0 bridgehead atoms. The van der Waals surface area contributed by atoms with E-state index >= 15 is 0 Å². The van der Waals surface area contributed by atoms with Gasteiger partial charge in [0.25, 0.3) is 0 Å². The van der Waals surface area contributed by atoms with E-state index in [2.05, 4.69) is 46.9 Å². The molecule has 0 radical (unpaired) electrons. The van der Waals surface area contributed by atoms with Gasteiger partial charge >= 0.3 is 0 Å². The molecule has 0 aliphatic carbocycles. The maximum atomic E-state index is 4.58. The molecule has 0 atom stereocenters. The molecule has 0 saturated heterocycles. The predicted octanol–water partition coefficient (Wildman–Crippen LogP) is 1.78. The molecule has 20 heavy (non-hydrogen) atoms. The zero-order valence-corrected chi connectivity index (χ0v) is 13.1. The molecule has 0 aliphatic heterocycles. The molecule has 2 aromatic heterocycles. The quantitative estimate of drug-likeness (QED) is 0.846. The molecule has 2 heterocycles. The molecule has 0 spiro atoms. The highest BCUT2D eigenvalue weighted by molar-refractivity contribution is 5.23. The maximum Gasteiger partial charge on any atom is 0.109 e. The van der Waals surface area contributed by atoms with Gasteiger partial charge in [-0.15, -0.1) is 0 Å². The van der Waals surface area contributed by atoms with Crippen molar-refractivity contribution < 1.29 is 0 Å². The summed E-state index contributed by atoms with van der Waals surface area (Å²) in [5, 5.41) is 8.07. The van der Waals surface area contributed by atoms with Crippen molar-refractivity contribution in [2.24, 2.45) is 14.1 Å². The number of nitrogens with one attached hydrogen (secondary N) is 1. The third-order valence-corrected chi connectivity index (χ3v) is 3.38. The van der Waals surface area contributed by atoms with E-state index in [1.54, 1.807) is 0 Å². The second-order valence-electron chi connectivity index (χ2n) is 6.31. The first-order valence-corrected chi connectivity index (χ1v) is 7.08. The van der Waals surface area contributed by atoms with E-state index in [4.69, 9.17) is 0 Å². The summed E-state index contributed by atoms with van der Waals surface area (Å²) in [5.41, 5.74) is 2.53. The van der Waals surface area contributed by atoms with E-state index in [-0.39, 0.29) is 5.41 Å². The first-order chi connectivity index (χ1) is 9.38. The Morgan fingerprint density at radius 3 is 2.60 bits per heavy atom. The monoisotopic (exact) mass is 275 g/mol. The largest absolute Gasteiger partial charge is 0.338 e. The van der Waals surface area contributed by atoms with Crippen LogP contribution in [0.15, 0.2) is 18.6 Å². The molecular formula is C15H25N5. The number of aryl methyl sites for hydroxylation is 2. The zero-order valence-electron chi connectivity index (χ0n) is 13.1. The van der Waals surface area contributed by atoms with Crippen molar-refractivity contribution in [1.29, 1.82) is 0 Å². The summed E-state index contributed by atoms with van der Waals surface area (Å²) < 4.78 is 3.96. The lowest BCUT2D eigenvalue weighted by molar-refractivity contribution is 0.543. The Balaban J connectivity index is 1.90. The summed E-state index contributed by atoms with van der Waals surface area (Å²) in [6.45, 7) is 8.38. The van der Waals surface area contributed by atoms with Crippen molar-refractivity contribution in [1.82, 2.24) is 24.6 Å². The summed E-state index contributed by atoms with van der Waals surface area (Å²) in [4.78, 5) is 4.33. The topological polar surface area (TPSA) is 47.7 Å². The number of hydrogen-bond donors (Lipinski definition) is 1. The van der Waals surface area contributed by atoms with Crippen molar-refractivity contribution in [2.45, 2.75) is 39.2 Å².